The average Bonchev–Trinajstić information content (AvgIpc) is 2.94. The fourth-order valence-electron chi connectivity index (χ4n) is 3.19. The van der Waals surface area contributed by atoms with Crippen LogP contribution < -0.4 is 0 Å². The van der Waals surface area contributed by atoms with E-state index in [0.717, 1.165) is 6.08 Å². The second-order valence-corrected chi connectivity index (χ2v) is 6.87. The van der Waals surface area contributed by atoms with Gasteiger partial charge in [0.05, 0.1) is 6.61 Å². The molecular weight excluding hydrogens is 323 g/mol. The third kappa shape index (κ3) is 3.34. The van der Waals surface area contributed by atoms with E-state index in [0.29, 0.717) is 0 Å². The van der Waals surface area contributed by atoms with Gasteiger partial charge in [-0.15, -0.1) is 0 Å². The Labute approximate surface area is 140 Å². The number of carbonyl (C=O) groups is 1. The molecule has 3 heterocycles. The van der Waals surface area contributed by atoms with E-state index in [-0.39, 0.29) is 6.61 Å². The first kappa shape index (κ1) is 17.8. The maximum atomic E-state index is 14.1. The number of esters is 1. The Morgan fingerprint density at radius 3 is 2.29 bits per heavy atom. The van der Waals surface area contributed by atoms with Crippen LogP contribution >= 0.6 is 0 Å². The summed E-state index contributed by atoms with van der Waals surface area (Å²) in [7, 11) is 0. The van der Waals surface area contributed by atoms with Gasteiger partial charge in [-0.1, -0.05) is 0 Å². The summed E-state index contributed by atoms with van der Waals surface area (Å²) >= 11 is 0. The Bertz CT molecular complexity index is 545. The highest BCUT2D eigenvalue weighted by molar-refractivity contribution is 5.86. The first-order chi connectivity index (χ1) is 11.1. The van der Waals surface area contributed by atoms with Crippen LogP contribution in [0.4, 0.5) is 4.39 Å². The summed E-state index contributed by atoms with van der Waals surface area (Å²) in [6.07, 6.45) is -2.18. The molecule has 0 N–H and O–H groups in total. The van der Waals surface area contributed by atoms with Crippen LogP contribution in [0.15, 0.2) is 11.9 Å². The summed E-state index contributed by atoms with van der Waals surface area (Å²) in [6.45, 7) is 8.71. The topological polar surface area (TPSA) is 72.5 Å². The van der Waals surface area contributed by atoms with Crippen molar-refractivity contribution in [2.24, 2.45) is 0 Å². The molecule has 7 nitrogen and oxygen atoms in total. The van der Waals surface area contributed by atoms with E-state index in [4.69, 9.17) is 23.7 Å². The molecule has 0 spiro atoms. The highest BCUT2D eigenvalue weighted by atomic mass is 19.1. The molecule has 0 aromatic heterocycles. The van der Waals surface area contributed by atoms with Gasteiger partial charge in [-0.05, 0) is 40.7 Å². The van der Waals surface area contributed by atoms with Gasteiger partial charge in [0, 0.05) is 0 Å². The third-order valence-corrected chi connectivity index (χ3v) is 3.97. The molecule has 0 aromatic rings. The smallest absolute Gasteiger partial charge is 0.366 e. The highest BCUT2D eigenvalue weighted by Crippen LogP contribution is 2.44. The summed E-state index contributed by atoms with van der Waals surface area (Å²) in [5.74, 6) is -3.81. The molecule has 3 aliphatic rings. The normalized spacial score (nSPS) is 40.1. The van der Waals surface area contributed by atoms with Crippen molar-refractivity contribution in [3.8, 4) is 0 Å². The van der Waals surface area contributed by atoms with Crippen molar-refractivity contribution in [2.45, 2.75) is 76.9 Å². The van der Waals surface area contributed by atoms with Crippen LogP contribution in [0, 0.1) is 0 Å². The largest absolute Gasteiger partial charge is 0.461 e. The van der Waals surface area contributed by atoms with Crippen LogP contribution in [0.25, 0.3) is 0 Å². The van der Waals surface area contributed by atoms with Gasteiger partial charge in [-0.2, -0.15) is 4.39 Å². The lowest BCUT2D eigenvalue weighted by molar-refractivity contribution is -0.223. The minimum Gasteiger partial charge on any atom is -0.461 e. The van der Waals surface area contributed by atoms with Crippen LogP contribution in [0.5, 0.6) is 0 Å². The van der Waals surface area contributed by atoms with E-state index < -0.39 is 54.1 Å². The van der Waals surface area contributed by atoms with Crippen LogP contribution in [0.3, 0.4) is 0 Å². The summed E-state index contributed by atoms with van der Waals surface area (Å²) in [5, 5.41) is 0. The predicted molar refractivity (Wildman–Crippen MR) is 78.3 cm³/mol. The summed E-state index contributed by atoms with van der Waals surface area (Å²) in [6, 6.07) is 0. The van der Waals surface area contributed by atoms with Crippen LogP contribution in [0.2, 0.25) is 0 Å². The number of hydrogen-bond donors (Lipinski definition) is 0. The van der Waals surface area contributed by atoms with Crippen molar-refractivity contribution < 1.29 is 37.6 Å². The Balaban J connectivity index is 1.85. The Hall–Kier alpha value is -1.06. The molecule has 3 rings (SSSR count). The maximum Gasteiger partial charge on any atom is 0.366 e. The van der Waals surface area contributed by atoms with Crippen molar-refractivity contribution in [1.29, 1.82) is 0 Å². The van der Waals surface area contributed by atoms with Gasteiger partial charge in [-0.25, -0.2) is 4.79 Å². The molecule has 24 heavy (non-hydrogen) atoms. The molecule has 0 bridgehead atoms. The van der Waals surface area contributed by atoms with Gasteiger partial charge in [-0.3, -0.25) is 0 Å². The molecule has 8 heteroatoms. The lowest BCUT2D eigenvalue weighted by Gasteiger charge is -2.35. The molecule has 3 saturated heterocycles. The summed E-state index contributed by atoms with van der Waals surface area (Å²) < 4.78 is 47.8. The van der Waals surface area contributed by atoms with Crippen LogP contribution in [0.1, 0.15) is 34.6 Å². The molecule has 3 fully saturated rings. The number of halogens is 1. The first-order valence-corrected chi connectivity index (χ1v) is 8.03. The van der Waals surface area contributed by atoms with E-state index in [1.54, 1.807) is 34.6 Å². The van der Waals surface area contributed by atoms with Gasteiger partial charge in [0.2, 0.25) is 5.83 Å². The second kappa shape index (κ2) is 6.03. The molecule has 0 unspecified atom stereocenters. The number of ether oxygens (including phenoxy) is 6. The molecular formula is C16H23FO7. The van der Waals surface area contributed by atoms with E-state index in [1.165, 1.54) is 0 Å². The van der Waals surface area contributed by atoms with Crippen molar-refractivity contribution >= 4 is 5.97 Å². The van der Waals surface area contributed by atoms with Crippen molar-refractivity contribution in [1.82, 2.24) is 0 Å². The van der Waals surface area contributed by atoms with E-state index in [1.807, 2.05) is 0 Å². The van der Waals surface area contributed by atoms with Gasteiger partial charge >= 0.3 is 5.97 Å². The molecule has 136 valence electrons. The number of fused-ring (bicyclic) bond motifs is 3. The maximum absolute atomic E-state index is 14.1. The summed E-state index contributed by atoms with van der Waals surface area (Å²) in [5.41, 5.74) is 0. The van der Waals surface area contributed by atoms with Gasteiger partial charge < -0.3 is 28.4 Å². The van der Waals surface area contributed by atoms with Crippen molar-refractivity contribution in [3.05, 3.63) is 11.9 Å². The minimum atomic E-state index is -1.04. The van der Waals surface area contributed by atoms with Crippen molar-refractivity contribution in [3.63, 3.8) is 0 Å². The number of hydrogen-bond acceptors (Lipinski definition) is 7. The standard InChI is InChI=1S/C16H23FO7/c1-6-19-13(18)8(17)7-9-10-11(22-15(2,3)21-10)12-14(20-9)24-16(4,5)23-12/h7,9-12,14H,6H2,1-5H3/b8-7+/t9-,10+,11+,12-,14-/m1/s1. The summed E-state index contributed by atoms with van der Waals surface area (Å²) in [4.78, 5) is 11.5. The first-order valence-electron chi connectivity index (χ1n) is 8.03. The fourth-order valence-corrected chi connectivity index (χ4v) is 3.19. The van der Waals surface area contributed by atoms with Gasteiger partial charge in [0.25, 0.3) is 0 Å². The molecule has 0 aromatic carbocycles. The SMILES string of the molecule is CCOC(=O)/C(F)=C\[C@H]1O[C@@H]2OC(C)(C)O[C@@H]2[C@H]2OC(C)(C)O[C@H]21. The number of rotatable bonds is 3. The zero-order valence-corrected chi connectivity index (χ0v) is 14.4. The van der Waals surface area contributed by atoms with E-state index >= 15 is 0 Å². The Morgan fingerprint density at radius 1 is 1.04 bits per heavy atom. The third-order valence-electron chi connectivity index (χ3n) is 3.97. The molecule has 0 amide bonds. The van der Waals surface area contributed by atoms with E-state index in [2.05, 4.69) is 4.74 Å². The highest BCUT2D eigenvalue weighted by Gasteiger charge is 2.60. The lowest BCUT2D eigenvalue weighted by atomic mass is 9.98. The van der Waals surface area contributed by atoms with Crippen molar-refractivity contribution in [2.75, 3.05) is 6.61 Å². The zero-order valence-electron chi connectivity index (χ0n) is 14.4. The predicted octanol–water partition coefficient (Wildman–Crippen LogP) is 1.80. The number of carbonyl (C=O) groups excluding carboxylic acids is 1. The Morgan fingerprint density at radius 2 is 1.62 bits per heavy atom. The molecule has 3 aliphatic heterocycles. The lowest BCUT2D eigenvalue weighted by Crippen LogP contribution is -2.54. The molecule has 0 saturated carbocycles. The zero-order chi connectivity index (χ0) is 17.7. The average molecular weight is 346 g/mol. The monoisotopic (exact) mass is 346 g/mol. The second-order valence-electron chi connectivity index (χ2n) is 6.87. The Kier molecular flexibility index (Phi) is 4.46. The molecule has 0 radical (unpaired) electrons. The van der Waals surface area contributed by atoms with Gasteiger partial charge in [0.1, 0.15) is 24.4 Å². The molecule has 5 atom stereocenters. The van der Waals surface area contributed by atoms with E-state index in [9.17, 15) is 9.18 Å². The van der Waals surface area contributed by atoms with Crippen LogP contribution in [-0.4, -0.2) is 54.9 Å². The minimum absolute atomic E-state index is 0.0835. The van der Waals surface area contributed by atoms with Crippen LogP contribution in [-0.2, 0) is 33.2 Å². The molecule has 0 aliphatic carbocycles. The quantitative estimate of drug-likeness (QED) is 0.570. The fraction of sp³-hybridized carbons (Fsp3) is 0.812. The van der Waals surface area contributed by atoms with Gasteiger partial charge in [0.15, 0.2) is 17.9 Å².